The van der Waals surface area contributed by atoms with Gasteiger partial charge in [-0.05, 0) is 24.6 Å². The van der Waals surface area contributed by atoms with E-state index >= 15 is 0 Å². The third-order valence-corrected chi connectivity index (χ3v) is 4.02. The number of rotatable bonds is 3. The van der Waals surface area contributed by atoms with Gasteiger partial charge in [-0.2, -0.15) is 5.10 Å². The Morgan fingerprint density at radius 1 is 1.50 bits per heavy atom. The first-order valence-electron chi connectivity index (χ1n) is 7.39. The summed E-state index contributed by atoms with van der Waals surface area (Å²) < 4.78 is 7.27. The standard InChI is InChI=1S/C16H18ClN3O2/c1-2-15-11-19(6-7-22-15)16(21)12-9-18-20(10-12)14-5-3-4-13(17)8-14/h3-5,8-10,15H,2,6-7,11H2,1H3/t15-/m0/s1. The molecule has 1 aromatic carbocycles. The van der Waals surface area contributed by atoms with E-state index in [1.54, 1.807) is 23.1 Å². The fourth-order valence-corrected chi connectivity index (χ4v) is 2.71. The SMILES string of the molecule is CC[C@H]1CN(C(=O)c2cnn(-c3cccc(Cl)c3)c2)CCO1. The summed E-state index contributed by atoms with van der Waals surface area (Å²) in [5, 5.41) is 4.90. The van der Waals surface area contributed by atoms with Crippen LogP contribution in [0.1, 0.15) is 23.7 Å². The van der Waals surface area contributed by atoms with Crippen molar-refractivity contribution < 1.29 is 9.53 Å². The summed E-state index contributed by atoms with van der Waals surface area (Å²) in [5.74, 6) is -0.00460. The summed E-state index contributed by atoms with van der Waals surface area (Å²) in [4.78, 5) is 14.4. The Balaban J connectivity index is 1.77. The predicted octanol–water partition coefficient (Wildman–Crippen LogP) is 2.78. The molecule has 22 heavy (non-hydrogen) atoms. The molecule has 0 N–H and O–H groups in total. The molecule has 6 heteroatoms. The molecular weight excluding hydrogens is 302 g/mol. The number of aromatic nitrogens is 2. The molecule has 0 saturated carbocycles. The average Bonchev–Trinajstić information content (AvgIpc) is 3.04. The molecule has 0 bridgehead atoms. The van der Waals surface area contributed by atoms with Crippen LogP contribution in [0, 0.1) is 0 Å². The minimum atomic E-state index is -0.00460. The van der Waals surface area contributed by atoms with Crippen LogP contribution < -0.4 is 0 Å². The second-order valence-electron chi connectivity index (χ2n) is 5.31. The first kappa shape index (κ1) is 15.1. The van der Waals surface area contributed by atoms with Crippen molar-refractivity contribution in [1.29, 1.82) is 0 Å². The van der Waals surface area contributed by atoms with E-state index in [-0.39, 0.29) is 12.0 Å². The third kappa shape index (κ3) is 3.15. The zero-order chi connectivity index (χ0) is 15.5. The van der Waals surface area contributed by atoms with Crippen LogP contribution in [-0.4, -0.2) is 46.4 Å². The molecule has 1 atom stereocenters. The molecule has 0 spiro atoms. The lowest BCUT2D eigenvalue weighted by molar-refractivity contribution is -0.0226. The first-order valence-corrected chi connectivity index (χ1v) is 7.76. The molecule has 116 valence electrons. The number of ether oxygens (including phenoxy) is 1. The van der Waals surface area contributed by atoms with Gasteiger partial charge in [-0.3, -0.25) is 4.79 Å². The Morgan fingerprint density at radius 2 is 2.36 bits per heavy atom. The molecule has 0 aliphatic carbocycles. The Kier molecular flexibility index (Phi) is 4.45. The number of halogens is 1. The predicted molar refractivity (Wildman–Crippen MR) is 84.5 cm³/mol. The highest BCUT2D eigenvalue weighted by Crippen LogP contribution is 2.16. The number of carbonyl (C=O) groups excluding carboxylic acids is 1. The van der Waals surface area contributed by atoms with Crippen LogP contribution in [-0.2, 0) is 4.74 Å². The zero-order valence-electron chi connectivity index (χ0n) is 12.4. The molecule has 5 nitrogen and oxygen atoms in total. The molecule has 0 radical (unpaired) electrons. The van der Waals surface area contributed by atoms with Crippen LogP contribution in [0.25, 0.3) is 5.69 Å². The lowest BCUT2D eigenvalue weighted by Gasteiger charge is -2.32. The van der Waals surface area contributed by atoms with E-state index in [0.717, 1.165) is 12.1 Å². The molecule has 2 heterocycles. The molecular formula is C16H18ClN3O2. The average molecular weight is 320 g/mol. The van der Waals surface area contributed by atoms with Gasteiger partial charge < -0.3 is 9.64 Å². The maximum Gasteiger partial charge on any atom is 0.257 e. The number of carbonyl (C=O) groups is 1. The largest absolute Gasteiger partial charge is 0.375 e. The molecule has 1 aliphatic heterocycles. The molecule has 1 amide bonds. The van der Waals surface area contributed by atoms with Crippen LogP contribution >= 0.6 is 11.6 Å². The Labute approximate surface area is 134 Å². The maximum absolute atomic E-state index is 12.6. The summed E-state index contributed by atoms with van der Waals surface area (Å²) in [6.45, 7) is 3.91. The lowest BCUT2D eigenvalue weighted by Crippen LogP contribution is -2.45. The third-order valence-electron chi connectivity index (χ3n) is 3.78. The quantitative estimate of drug-likeness (QED) is 0.874. The highest BCUT2D eigenvalue weighted by molar-refractivity contribution is 6.30. The van der Waals surface area contributed by atoms with Crippen molar-refractivity contribution in [1.82, 2.24) is 14.7 Å². The van der Waals surface area contributed by atoms with Crippen LogP contribution in [0.5, 0.6) is 0 Å². The van der Waals surface area contributed by atoms with E-state index in [2.05, 4.69) is 12.0 Å². The van der Waals surface area contributed by atoms with Crippen molar-refractivity contribution in [2.75, 3.05) is 19.7 Å². The van der Waals surface area contributed by atoms with Crippen LogP contribution in [0.2, 0.25) is 5.02 Å². The second-order valence-corrected chi connectivity index (χ2v) is 5.74. The van der Waals surface area contributed by atoms with Crippen LogP contribution in [0.15, 0.2) is 36.7 Å². The summed E-state index contributed by atoms with van der Waals surface area (Å²) in [7, 11) is 0. The first-order chi connectivity index (χ1) is 10.7. The van der Waals surface area contributed by atoms with Gasteiger partial charge >= 0.3 is 0 Å². The highest BCUT2D eigenvalue weighted by atomic mass is 35.5. The summed E-state index contributed by atoms with van der Waals surface area (Å²) >= 11 is 5.99. The number of nitrogens with zero attached hydrogens (tertiary/aromatic N) is 3. The molecule has 3 rings (SSSR count). The monoisotopic (exact) mass is 319 g/mol. The van der Waals surface area contributed by atoms with Gasteiger partial charge in [0.15, 0.2) is 0 Å². The van der Waals surface area contributed by atoms with Gasteiger partial charge in [0, 0.05) is 24.3 Å². The van der Waals surface area contributed by atoms with Gasteiger partial charge in [0.1, 0.15) is 0 Å². The smallest absolute Gasteiger partial charge is 0.257 e. The lowest BCUT2D eigenvalue weighted by atomic mass is 10.2. The van der Waals surface area contributed by atoms with Crippen molar-refractivity contribution in [2.24, 2.45) is 0 Å². The number of amides is 1. The Morgan fingerprint density at radius 3 is 3.14 bits per heavy atom. The minimum absolute atomic E-state index is 0.00460. The van der Waals surface area contributed by atoms with Crippen molar-refractivity contribution in [3.8, 4) is 5.69 Å². The maximum atomic E-state index is 12.6. The van der Waals surface area contributed by atoms with Crippen LogP contribution in [0.3, 0.4) is 0 Å². The molecule has 1 fully saturated rings. The van der Waals surface area contributed by atoms with Gasteiger partial charge in [-0.15, -0.1) is 0 Å². The summed E-state index contributed by atoms with van der Waals surface area (Å²) in [6, 6.07) is 7.37. The van der Waals surface area contributed by atoms with Gasteiger partial charge in [-0.1, -0.05) is 24.6 Å². The number of hydrogen-bond donors (Lipinski definition) is 0. The summed E-state index contributed by atoms with van der Waals surface area (Å²) in [5.41, 5.74) is 1.41. The topological polar surface area (TPSA) is 47.4 Å². The van der Waals surface area contributed by atoms with E-state index in [9.17, 15) is 4.79 Å². The van der Waals surface area contributed by atoms with Crippen molar-refractivity contribution >= 4 is 17.5 Å². The minimum Gasteiger partial charge on any atom is -0.375 e. The van der Waals surface area contributed by atoms with Gasteiger partial charge in [0.05, 0.1) is 30.2 Å². The zero-order valence-corrected chi connectivity index (χ0v) is 13.2. The van der Waals surface area contributed by atoms with Crippen molar-refractivity contribution in [2.45, 2.75) is 19.4 Å². The molecule has 1 aliphatic rings. The normalized spacial score (nSPS) is 18.5. The van der Waals surface area contributed by atoms with E-state index in [0.29, 0.717) is 30.3 Å². The fraction of sp³-hybridized carbons (Fsp3) is 0.375. The number of morpholine rings is 1. The molecule has 2 aromatic rings. The van der Waals surface area contributed by atoms with E-state index in [4.69, 9.17) is 16.3 Å². The highest BCUT2D eigenvalue weighted by Gasteiger charge is 2.24. The van der Waals surface area contributed by atoms with E-state index in [1.165, 1.54) is 0 Å². The Hall–Kier alpha value is -1.85. The van der Waals surface area contributed by atoms with Crippen molar-refractivity contribution in [3.63, 3.8) is 0 Å². The number of hydrogen-bond acceptors (Lipinski definition) is 3. The van der Waals surface area contributed by atoms with Gasteiger partial charge in [0.25, 0.3) is 5.91 Å². The van der Waals surface area contributed by atoms with Crippen LogP contribution in [0.4, 0.5) is 0 Å². The van der Waals surface area contributed by atoms with E-state index < -0.39 is 0 Å². The fourth-order valence-electron chi connectivity index (χ4n) is 2.53. The van der Waals surface area contributed by atoms with Crippen molar-refractivity contribution in [3.05, 3.63) is 47.2 Å². The van der Waals surface area contributed by atoms with E-state index in [1.807, 2.05) is 23.1 Å². The summed E-state index contributed by atoms with van der Waals surface area (Å²) in [6.07, 6.45) is 4.37. The second kappa shape index (κ2) is 6.50. The molecule has 1 aromatic heterocycles. The van der Waals surface area contributed by atoms with Gasteiger partial charge in [0.2, 0.25) is 0 Å². The number of benzene rings is 1. The molecule has 0 unspecified atom stereocenters. The molecule has 1 saturated heterocycles. The van der Waals surface area contributed by atoms with Gasteiger partial charge in [-0.25, -0.2) is 4.68 Å². The Bertz CT molecular complexity index is 671.